The van der Waals surface area contributed by atoms with Crippen LogP contribution in [-0.4, -0.2) is 14.6 Å². The van der Waals surface area contributed by atoms with E-state index in [0.717, 1.165) is 24.3 Å². The SMILES string of the molecule is O=[SH](=O)c1ccc(C(Cl)C(F)(F)F)cc1. The highest BCUT2D eigenvalue weighted by Crippen LogP contribution is 2.37. The topological polar surface area (TPSA) is 34.1 Å². The minimum absolute atomic E-state index is 0.0419. The molecule has 0 heterocycles. The maximum Gasteiger partial charge on any atom is 0.408 e. The highest BCUT2D eigenvalue weighted by molar-refractivity contribution is 7.72. The van der Waals surface area contributed by atoms with Gasteiger partial charge in [-0.1, -0.05) is 12.1 Å². The molecule has 0 aliphatic heterocycles. The van der Waals surface area contributed by atoms with Gasteiger partial charge in [-0.2, -0.15) is 13.2 Å². The van der Waals surface area contributed by atoms with Crippen molar-refractivity contribution in [3.63, 3.8) is 0 Å². The van der Waals surface area contributed by atoms with E-state index in [2.05, 4.69) is 0 Å². The Bertz CT molecular complexity index is 403. The molecule has 0 saturated carbocycles. The lowest BCUT2D eigenvalue weighted by Crippen LogP contribution is -2.15. The maximum atomic E-state index is 12.1. The zero-order chi connectivity index (χ0) is 11.6. The van der Waals surface area contributed by atoms with Crippen LogP contribution in [-0.2, 0) is 10.7 Å². The van der Waals surface area contributed by atoms with Gasteiger partial charge in [0.1, 0.15) is 0 Å². The van der Waals surface area contributed by atoms with Gasteiger partial charge in [-0.25, -0.2) is 8.42 Å². The fraction of sp³-hybridized carbons (Fsp3) is 0.250. The summed E-state index contributed by atoms with van der Waals surface area (Å²) in [7, 11) is -2.78. The average molecular weight is 259 g/mol. The van der Waals surface area contributed by atoms with E-state index in [-0.39, 0.29) is 10.5 Å². The summed E-state index contributed by atoms with van der Waals surface area (Å²) in [6, 6.07) is 4.27. The fourth-order valence-corrected chi connectivity index (χ4v) is 1.49. The van der Waals surface area contributed by atoms with Crippen molar-refractivity contribution in [1.82, 2.24) is 0 Å². The zero-order valence-corrected chi connectivity index (χ0v) is 8.81. The Labute approximate surface area is 90.6 Å². The number of halogens is 4. The van der Waals surface area contributed by atoms with Crippen LogP contribution in [0.25, 0.3) is 0 Å². The number of hydrogen-bond donors (Lipinski definition) is 1. The average Bonchev–Trinajstić information content (AvgIpc) is 2.15. The number of alkyl halides is 4. The van der Waals surface area contributed by atoms with Gasteiger partial charge < -0.3 is 0 Å². The summed E-state index contributed by atoms with van der Waals surface area (Å²) in [5.41, 5.74) is -0.176. The van der Waals surface area contributed by atoms with Crippen LogP contribution in [0.1, 0.15) is 10.9 Å². The molecule has 0 bridgehead atoms. The molecule has 1 atom stereocenters. The second-order valence-electron chi connectivity index (χ2n) is 2.75. The Morgan fingerprint density at radius 3 is 1.93 bits per heavy atom. The van der Waals surface area contributed by atoms with E-state index in [1.54, 1.807) is 0 Å². The van der Waals surface area contributed by atoms with Crippen molar-refractivity contribution < 1.29 is 21.6 Å². The number of hydrogen-bond acceptors (Lipinski definition) is 2. The van der Waals surface area contributed by atoms with Crippen LogP contribution in [0.15, 0.2) is 29.2 Å². The molecule has 84 valence electrons. The van der Waals surface area contributed by atoms with E-state index in [1.807, 2.05) is 0 Å². The molecule has 0 aliphatic rings. The Balaban J connectivity index is 2.99. The molecule has 1 aromatic carbocycles. The predicted molar refractivity (Wildman–Crippen MR) is 49.7 cm³/mol. The largest absolute Gasteiger partial charge is 0.408 e. The van der Waals surface area contributed by atoms with E-state index in [0.29, 0.717) is 0 Å². The van der Waals surface area contributed by atoms with Crippen molar-refractivity contribution in [2.24, 2.45) is 0 Å². The van der Waals surface area contributed by atoms with E-state index in [1.165, 1.54) is 0 Å². The summed E-state index contributed by atoms with van der Waals surface area (Å²) in [4.78, 5) is -0.0419. The molecular formula is C8H6ClF3O2S. The molecule has 0 fully saturated rings. The van der Waals surface area contributed by atoms with E-state index in [4.69, 9.17) is 11.6 Å². The van der Waals surface area contributed by atoms with Crippen LogP contribution in [0.3, 0.4) is 0 Å². The van der Waals surface area contributed by atoms with Crippen molar-refractivity contribution in [3.05, 3.63) is 29.8 Å². The molecule has 0 spiro atoms. The van der Waals surface area contributed by atoms with E-state index in [9.17, 15) is 21.6 Å². The maximum absolute atomic E-state index is 12.1. The molecular weight excluding hydrogens is 253 g/mol. The number of thiol groups is 1. The molecule has 15 heavy (non-hydrogen) atoms. The van der Waals surface area contributed by atoms with Gasteiger partial charge in [-0.15, -0.1) is 11.6 Å². The first-order chi connectivity index (χ1) is 6.82. The lowest BCUT2D eigenvalue weighted by Gasteiger charge is -2.13. The minimum Gasteiger partial charge on any atom is -0.227 e. The first-order valence-corrected chi connectivity index (χ1v) is 5.39. The third kappa shape index (κ3) is 3.10. The molecule has 0 amide bonds. The summed E-state index contributed by atoms with van der Waals surface area (Å²) < 4.78 is 57.3. The van der Waals surface area contributed by atoms with Gasteiger partial charge in [0, 0.05) is 0 Å². The van der Waals surface area contributed by atoms with E-state index < -0.39 is 22.3 Å². The van der Waals surface area contributed by atoms with E-state index >= 15 is 0 Å². The standard InChI is InChI=1S/C8H6ClF3O2S/c9-7(8(10,11)12)5-1-3-6(4-2-5)15(13)14/h1-4,7,15H. The van der Waals surface area contributed by atoms with Crippen LogP contribution in [0.5, 0.6) is 0 Å². The highest BCUT2D eigenvalue weighted by Gasteiger charge is 2.39. The highest BCUT2D eigenvalue weighted by atomic mass is 35.5. The second-order valence-corrected chi connectivity index (χ2v) is 4.22. The third-order valence-corrected chi connectivity index (χ3v) is 2.90. The monoisotopic (exact) mass is 258 g/mol. The Morgan fingerprint density at radius 1 is 1.13 bits per heavy atom. The molecule has 0 aromatic heterocycles. The molecule has 0 N–H and O–H groups in total. The third-order valence-electron chi connectivity index (χ3n) is 1.68. The molecule has 7 heteroatoms. The smallest absolute Gasteiger partial charge is 0.227 e. The molecule has 1 rings (SSSR count). The fourth-order valence-electron chi connectivity index (χ4n) is 0.954. The Morgan fingerprint density at radius 2 is 1.60 bits per heavy atom. The van der Waals surface area contributed by atoms with Crippen LogP contribution in [0.4, 0.5) is 13.2 Å². The number of benzene rings is 1. The van der Waals surface area contributed by atoms with Gasteiger partial charge in [0.25, 0.3) is 0 Å². The van der Waals surface area contributed by atoms with Crippen molar-refractivity contribution in [3.8, 4) is 0 Å². The van der Waals surface area contributed by atoms with Gasteiger partial charge in [0.2, 0.25) is 0 Å². The summed E-state index contributed by atoms with van der Waals surface area (Å²) in [5, 5.41) is -2.11. The van der Waals surface area contributed by atoms with Crippen molar-refractivity contribution >= 4 is 22.3 Å². The summed E-state index contributed by atoms with van der Waals surface area (Å²) in [6.45, 7) is 0. The molecule has 0 aliphatic carbocycles. The van der Waals surface area contributed by atoms with Gasteiger partial charge in [-0.3, -0.25) is 0 Å². The van der Waals surface area contributed by atoms with Crippen molar-refractivity contribution in [2.75, 3.05) is 0 Å². The predicted octanol–water partition coefficient (Wildman–Crippen LogP) is 2.50. The van der Waals surface area contributed by atoms with Crippen molar-refractivity contribution in [2.45, 2.75) is 16.4 Å². The summed E-state index contributed by atoms with van der Waals surface area (Å²) in [5.74, 6) is 0. The first-order valence-electron chi connectivity index (χ1n) is 3.77. The van der Waals surface area contributed by atoms with Crippen LogP contribution >= 0.6 is 11.6 Å². The molecule has 1 unspecified atom stereocenters. The molecule has 0 saturated heterocycles. The first kappa shape index (κ1) is 12.3. The molecule has 0 radical (unpaired) electrons. The van der Waals surface area contributed by atoms with Crippen LogP contribution in [0, 0.1) is 0 Å². The zero-order valence-electron chi connectivity index (χ0n) is 7.16. The Hall–Kier alpha value is -0.750. The van der Waals surface area contributed by atoms with Gasteiger partial charge in [0.15, 0.2) is 16.1 Å². The minimum atomic E-state index is -4.54. The van der Waals surface area contributed by atoms with Gasteiger partial charge >= 0.3 is 6.18 Å². The summed E-state index contributed by atoms with van der Waals surface area (Å²) >= 11 is 5.14. The lowest BCUT2D eigenvalue weighted by molar-refractivity contribution is -0.131. The van der Waals surface area contributed by atoms with Gasteiger partial charge in [-0.05, 0) is 17.7 Å². The van der Waals surface area contributed by atoms with Crippen LogP contribution in [0.2, 0.25) is 0 Å². The van der Waals surface area contributed by atoms with Gasteiger partial charge in [0.05, 0.1) is 4.90 Å². The lowest BCUT2D eigenvalue weighted by atomic mass is 10.1. The molecule has 1 aromatic rings. The quantitative estimate of drug-likeness (QED) is 0.653. The molecule has 2 nitrogen and oxygen atoms in total. The normalized spacial score (nSPS) is 14.2. The van der Waals surface area contributed by atoms with Crippen LogP contribution < -0.4 is 0 Å². The summed E-state index contributed by atoms with van der Waals surface area (Å²) in [6.07, 6.45) is -4.54. The van der Waals surface area contributed by atoms with Crippen molar-refractivity contribution in [1.29, 1.82) is 0 Å². The Kier molecular flexibility index (Phi) is 3.62. The number of rotatable bonds is 2. The second kappa shape index (κ2) is 4.40.